The van der Waals surface area contributed by atoms with Crippen molar-refractivity contribution in [2.75, 3.05) is 7.05 Å². The van der Waals surface area contributed by atoms with Crippen LogP contribution in [0.1, 0.15) is 11.3 Å². The summed E-state index contributed by atoms with van der Waals surface area (Å²) in [7, 11) is 1.89. The van der Waals surface area contributed by atoms with Crippen molar-refractivity contribution in [1.82, 2.24) is 15.1 Å². The summed E-state index contributed by atoms with van der Waals surface area (Å²) < 4.78 is 1.78. The Kier molecular flexibility index (Phi) is 3.72. The van der Waals surface area contributed by atoms with Gasteiger partial charge in [0.1, 0.15) is 0 Å². The molecule has 5 heteroatoms. The summed E-state index contributed by atoms with van der Waals surface area (Å²) in [4.78, 5) is 0. The molecule has 1 N–H and O–H groups in total. The van der Waals surface area contributed by atoms with Crippen LogP contribution in [0.4, 0.5) is 0 Å². The standard InChI is InChI=1S/C12H13Cl2N3/c1-8-11(14)7-17(16-8)12-4-3-10(13)5-9(12)6-15-2/h3-5,7,15H,6H2,1-2H3. The maximum absolute atomic E-state index is 6.01. The molecule has 2 aromatic rings. The molecule has 0 unspecified atom stereocenters. The largest absolute Gasteiger partial charge is 0.316 e. The van der Waals surface area contributed by atoms with Crippen LogP contribution in [0, 0.1) is 6.92 Å². The van der Waals surface area contributed by atoms with E-state index in [1.165, 1.54) is 0 Å². The highest BCUT2D eigenvalue weighted by Crippen LogP contribution is 2.22. The molecule has 0 radical (unpaired) electrons. The molecule has 0 aliphatic rings. The normalized spacial score (nSPS) is 10.8. The highest BCUT2D eigenvalue weighted by atomic mass is 35.5. The summed E-state index contributed by atoms with van der Waals surface area (Å²) in [6, 6.07) is 5.72. The third-order valence-electron chi connectivity index (χ3n) is 2.49. The van der Waals surface area contributed by atoms with Gasteiger partial charge in [-0.25, -0.2) is 4.68 Å². The van der Waals surface area contributed by atoms with Gasteiger partial charge in [0, 0.05) is 17.8 Å². The minimum atomic E-state index is 0.662. The SMILES string of the molecule is CNCc1cc(Cl)ccc1-n1cc(Cl)c(C)n1. The number of aryl methyl sites for hydroxylation is 1. The van der Waals surface area contributed by atoms with Crippen LogP contribution >= 0.6 is 23.2 Å². The predicted molar refractivity (Wildman–Crippen MR) is 71.1 cm³/mol. The lowest BCUT2D eigenvalue weighted by Crippen LogP contribution is -2.09. The molecule has 0 aliphatic carbocycles. The average Bonchev–Trinajstić information content (AvgIpc) is 2.60. The van der Waals surface area contributed by atoms with Crippen molar-refractivity contribution >= 4 is 23.2 Å². The maximum Gasteiger partial charge on any atom is 0.0819 e. The van der Waals surface area contributed by atoms with Crippen molar-refractivity contribution in [2.24, 2.45) is 0 Å². The minimum absolute atomic E-state index is 0.662. The Morgan fingerprint density at radius 3 is 2.71 bits per heavy atom. The third kappa shape index (κ3) is 2.63. The van der Waals surface area contributed by atoms with E-state index in [4.69, 9.17) is 23.2 Å². The Labute approximate surface area is 110 Å². The fourth-order valence-corrected chi connectivity index (χ4v) is 2.00. The van der Waals surface area contributed by atoms with Crippen molar-refractivity contribution < 1.29 is 0 Å². The van der Waals surface area contributed by atoms with E-state index >= 15 is 0 Å². The van der Waals surface area contributed by atoms with E-state index in [-0.39, 0.29) is 0 Å². The van der Waals surface area contributed by atoms with E-state index in [0.717, 1.165) is 23.5 Å². The number of rotatable bonds is 3. The second-order valence-corrected chi connectivity index (χ2v) is 4.65. The number of aromatic nitrogens is 2. The molecule has 3 nitrogen and oxygen atoms in total. The Hall–Kier alpha value is -1.03. The summed E-state index contributed by atoms with van der Waals surface area (Å²) in [6.45, 7) is 2.61. The molecule has 2 rings (SSSR count). The van der Waals surface area contributed by atoms with Gasteiger partial charge in [-0.3, -0.25) is 0 Å². The van der Waals surface area contributed by atoms with Gasteiger partial charge in [0.05, 0.1) is 16.4 Å². The van der Waals surface area contributed by atoms with Crippen LogP contribution in [-0.2, 0) is 6.54 Å². The van der Waals surface area contributed by atoms with Crippen LogP contribution in [0.15, 0.2) is 24.4 Å². The van der Waals surface area contributed by atoms with Crippen molar-refractivity contribution in [2.45, 2.75) is 13.5 Å². The summed E-state index contributed by atoms with van der Waals surface area (Å²) in [6.07, 6.45) is 1.80. The van der Waals surface area contributed by atoms with Crippen LogP contribution in [0.2, 0.25) is 10.0 Å². The molecule has 0 saturated carbocycles. The molecule has 17 heavy (non-hydrogen) atoms. The first-order valence-corrected chi connectivity index (χ1v) is 6.02. The maximum atomic E-state index is 6.01. The highest BCUT2D eigenvalue weighted by Gasteiger charge is 2.08. The van der Waals surface area contributed by atoms with E-state index in [2.05, 4.69) is 10.4 Å². The fourth-order valence-electron chi connectivity index (χ4n) is 1.67. The third-order valence-corrected chi connectivity index (χ3v) is 3.10. The molecule has 0 atom stereocenters. The predicted octanol–water partition coefficient (Wildman–Crippen LogP) is 3.21. The fraction of sp³-hybridized carbons (Fsp3) is 0.250. The summed E-state index contributed by atoms with van der Waals surface area (Å²) in [5.41, 5.74) is 2.88. The second-order valence-electron chi connectivity index (χ2n) is 3.81. The molecule has 0 saturated heterocycles. The van der Waals surface area contributed by atoms with Crippen LogP contribution in [0.3, 0.4) is 0 Å². The Morgan fingerprint density at radius 2 is 2.12 bits per heavy atom. The van der Waals surface area contributed by atoms with Gasteiger partial charge in [-0.1, -0.05) is 23.2 Å². The second kappa shape index (κ2) is 5.08. The number of nitrogens with one attached hydrogen (secondary N) is 1. The van der Waals surface area contributed by atoms with E-state index in [0.29, 0.717) is 10.0 Å². The molecule has 0 amide bonds. The first-order valence-electron chi connectivity index (χ1n) is 5.27. The lowest BCUT2D eigenvalue weighted by molar-refractivity contribution is 0.785. The molecule has 1 aromatic heterocycles. The van der Waals surface area contributed by atoms with Crippen molar-refractivity contribution in [3.8, 4) is 5.69 Å². The lowest BCUT2D eigenvalue weighted by atomic mass is 10.2. The average molecular weight is 270 g/mol. The van der Waals surface area contributed by atoms with Crippen LogP contribution < -0.4 is 5.32 Å². The van der Waals surface area contributed by atoms with Crippen molar-refractivity contribution in [1.29, 1.82) is 0 Å². The smallest absolute Gasteiger partial charge is 0.0819 e. The zero-order chi connectivity index (χ0) is 12.4. The Morgan fingerprint density at radius 1 is 1.35 bits per heavy atom. The number of nitrogens with zero attached hydrogens (tertiary/aromatic N) is 2. The molecule has 1 aromatic carbocycles. The van der Waals surface area contributed by atoms with Gasteiger partial charge in [0.15, 0.2) is 0 Å². The highest BCUT2D eigenvalue weighted by molar-refractivity contribution is 6.31. The van der Waals surface area contributed by atoms with Gasteiger partial charge in [-0.05, 0) is 37.7 Å². The summed E-state index contributed by atoms with van der Waals surface area (Å²) in [5, 5.41) is 8.86. The van der Waals surface area contributed by atoms with Crippen LogP contribution in [0.5, 0.6) is 0 Å². The zero-order valence-electron chi connectivity index (χ0n) is 9.67. The summed E-state index contributed by atoms with van der Waals surface area (Å²) in [5.74, 6) is 0. The van der Waals surface area contributed by atoms with Crippen LogP contribution in [0.25, 0.3) is 5.69 Å². The number of hydrogen-bond donors (Lipinski definition) is 1. The molecule has 0 spiro atoms. The zero-order valence-corrected chi connectivity index (χ0v) is 11.2. The molecule has 0 aliphatic heterocycles. The molecule has 0 bridgehead atoms. The lowest BCUT2D eigenvalue weighted by Gasteiger charge is -2.09. The van der Waals surface area contributed by atoms with Crippen LogP contribution in [-0.4, -0.2) is 16.8 Å². The molecule has 0 fully saturated rings. The number of benzene rings is 1. The van der Waals surface area contributed by atoms with Gasteiger partial charge >= 0.3 is 0 Å². The van der Waals surface area contributed by atoms with E-state index in [1.54, 1.807) is 10.9 Å². The Bertz CT molecular complexity index is 515. The molecular formula is C12H13Cl2N3. The first-order chi connectivity index (χ1) is 8.11. The quantitative estimate of drug-likeness (QED) is 0.928. The van der Waals surface area contributed by atoms with Gasteiger partial charge in [0.2, 0.25) is 0 Å². The molecule has 90 valence electrons. The number of hydrogen-bond acceptors (Lipinski definition) is 2. The van der Waals surface area contributed by atoms with Crippen molar-refractivity contribution in [3.63, 3.8) is 0 Å². The summed E-state index contributed by atoms with van der Waals surface area (Å²) >= 11 is 12.0. The van der Waals surface area contributed by atoms with Gasteiger partial charge in [-0.2, -0.15) is 5.10 Å². The first kappa shape index (κ1) is 12.4. The molecule has 1 heterocycles. The van der Waals surface area contributed by atoms with E-state index in [1.807, 2.05) is 32.2 Å². The minimum Gasteiger partial charge on any atom is -0.316 e. The topological polar surface area (TPSA) is 29.9 Å². The van der Waals surface area contributed by atoms with Gasteiger partial charge in [0.25, 0.3) is 0 Å². The van der Waals surface area contributed by atoms with E-state index < -0.39 is 0 Å². The van der Waals surface area contributed by atoms with Gasteiger partial charge < -0.3 is 5.32 Å². The monoisotopic (exact) mass is 269 g/mol. The number of halogens is 2. The van der Waals surface area contributed by atoms with E-state index in [9.17, 15) is 0 Å². The van der Waals surface area contributed by atoms with Crippen molar-refractivity contribution in [3.05, 3.63) is 45.7 Å². The molecular weight excluding hydrogens is 257 g/mol. The van der Waals surface area contributed by atoms with Gasteiger partial charge in [-0.15, -0.1) is 0 Å². The Balaban J connectivity index is 2.50.